The number of hydrogen-bond acceptors (Lipinski definition) is 5. The maximum atomic E-state index is 13.4. The van der Waals surface area contributed by atoms with Gasteiger partial charge in [-0.25, -0.2) is 14.4 Å². The molecular weight excluding hydrogens is 331 g/mol. The van der Waals surface area contributed by atoms with E-state index in [1.807, 2.05) is 18.2 Å². The zero-order valence-corrected chi connectivity index (χ0v) is 14.9. The Morgan fingerprint density at radius 1 is 1.08 bits per heavy atom. The third-order valence-electron chi connectivity index (χ3n) is 6.42. The summed E-state index contributed by atoms with van der Waals surface area (Å²) in [5, 5.41) is 0. The molecule has 4 aliphatic heterocycles. The molecule has 6 heteroatoms. The molecule has 0 aliphatic carbocycles. The molecule has 4 saturated heterocycles. The summed E-state index contributed by atoms with van der Waals surface area (Å²) >= 11 is 0. The second-order valence-corrected chi connectivity index (χ2v) is 7.58. The van der Waals surface area contributed by atoms with Crippen LogP contribution < -0.4 is 9.64 Å². The number of hydrogen-bond donors (Lipinski definition) is 0. The monoisotopic (exact) mass is 354 g/mol. The highest BCUT2D eigenvalue weighted by atomic mass is 19.1. The SMILES string of the molecule is COc1cc(N2C[C@H](c3ccc(F)cc3)[C@H]3[C@@H]2C2CCN3CC2)ncn1. The minimum Gasteiger partial charge on any atom is -0.481 e. The van der Waals surface area contributed by atoms with Crippen molar-refractivity contribution in [3.8, 4) is 5.88 Å². The number of nitrogens with zero attached hydrogens (tertiary/aromatic N) is 4. The van der Waals surface area contributed by atoms with Gasteiger partial charge in [0.15, 0.2) is 0 Å². The Morgan fingerprint density at radius 3 is 2.58 bits per heavy atom. The fourth-order valence-corrected chi connectivity index (χ4v) is 5.28. The molecule has 2 bridgehead atoms. The van der Waals surface area contributed by atoms with E-state index in [4.69, 9.17) is 4.74 Å². The van der Waals surface area contributed by atoms with Gasteiger partial charge in [0.05, 0.1) is 7.11 Å². The van der Waals surface area contributed by atoms with Crippen LogP contribution in [0.15, 0.2) is 36.7 Å². The smallest absolute Gasteiger partial charge is 0.218 e. The summed E-state index contributed by atoms with van der Waals surface area (Å²) < 4.78 is 18.7. The van der Waals surface area contributed by atoms with Crippen LogP contribution in [0.1, 0.15) is 24.3 Å². The van der Waals surface area contributed by atoms with E-state index >= 15 is 0 Å². The lowest BCUT2D eigenvalue weighted by molar-refractivity contribution is 0.0354. The zero-order chi connectivity index (χ0) is 17.7. The van der Waals surface area contributed by atoms with Crippen LogP contribution in [0.2, 0.25) is 0 Å². The third-order valence-corrected chi connectivity index (χ3v) is 6.42. The van der Waals surface area contributed by atoms with E-state index in [0.717, 1.165) is 12.4 Å². The van der Waals surface area contributed by atoms with Crippen molar-refractivity contribution in [2.24, 2.45) is 5.92 Å². The van der Waals surface area contributed by atoms with Gasteiger partial charge in [0, 0.05) is 30.6 Å². The van der Waals surface area contributed by atoms with Crippen LogP contribution in [0, 0.1) is 11.7 Å². The van der Waals surface area contributed by atoms with Gasteiger partial charge in [-0.15, -0.1) is 0 Å². The lowest BCUT2D eigenvalue weighted by Crippen LogP contribution is -2.60. The van der Waals surface area contributed by atoms with Crippen LogP contribution in [0.5, 0.6) is 5.88 Å². The molecule has 0 radical (unpaired) electrons. The zero-order valence-electron chi connectivity index (χ0n) is 14.9. The topological polar surface area (TPSA) is 41.5 Å². The van der Waals surface area contributed by atoms with Gasteiger partial charge in [-0.2, -0.15) is 0 Å². The van der Waals surface area contributed by atoms with Crippen LogP contribution in [0.3, 0.4) is 0 Å². The van der Waals surface area contributed by atoms with E-state index in [9.17, 15) is 4.39 Å². The van der Waals surface area contributed by atoms with Crippen molar-refractivity contribution in [2.75, 3.05) is 31.6 Å². The first-order valence-electron chi connectivity index (χ1n) is 9.37. The second kappa shape index (κ2) is 6.20. The Labute approximate surface area is 152 Å². The van der Waals surface area contributed by atoms with Crippen LogP contribution >= 0.6 is 0 Å². The number of piperidine rings is 3. The largest absolute Gasteiger partial charge is 0.481 e. The molecule has 4 aliphatic rings. The van der Waals surface area contributed by atoms with Crippen molar-refractivity contribution in [1.29, 1.82) is 0 Å². The number of ether oxygens (including phenoxy) is 1. The van der Waals surface area contributed by atoms with Gasteiger partial charge in [0.1, 0.15) is 18.0 Å². The van der Waals surface area contributed by atoms with E-state index in [-0.39, 0.29) is 5.82 Å². The molecule has 0 spiro atoms. The predicted molar refractivity (Wildman–Crippen MR) is 96.9 cm³/mol. The average Bonchev–Trinajstić information content (AvgIpc) is 3.12. The van der Waals surface area contributed by atoms with E-state index in [2.05, 4.69) is 19.8 Å². The molecule has 136 valence electrons. The number of methoxy groups -OCH3 is 1. The lowest BCUT2D eigenvalue weighted by atomic mass is 9.75. The van der Waals surface area contributed by atoms with Gasteiger partial charge in [0.2, 0.25) is 5.88 Å². The molecule has 0 N–H and O–H groups in total. The van der Waals surface area contributed by atoms with Crippen molar-refractivity contribution in [1.82, 2.24) is 14.9 Å². The molecule has 4 fully saturated rings. The van der Waals surface area contributed by atoms with Crippen LogP contribution in [-0.2, 0) is 0 Å². The Bertz CT molecular complexity index is 791. The maximum Gasteiger partial charge on any atom is 0.218 e. The second-order valence-electron chi connectivity index (χ2n) is 7.58. The average molecular weight is 354 g/mol. The van der Waals surface area contributed by atoms with Gasteiger partial charge in [-0.05, 0) is 49.5 Å². The number of aromatic nitrogens is 2. The van der Waals surface area contributed by atoms with Gasteiger partial charge in [0.25, 0.3) is 0 Å². The summed E-state index contributed by atoms with van der Waals surface area (Å²) in [4.78, 5) is 13.8. The van der Waals surface area contributed by atoms with E-state index in [0.29, 0.717) is 29.8 Å². The molecule has 0 unspecified atom stereocenters. The molecule has 5 nitrogen and oxygen atoms in total. The fourth-order valence-electron chi connectivity index (χ4n) is 5.28. The fraction of sp³-hybridized carbons (Fsp3) is 0.500. The molecule has 1 aromatic carbocycles. The van der Waals surface area contributed by atoms with Crippen molar-refractivity contribution in [3.63, 3.8) is 0 Å². The highest BCUT2D eigenvalue weighted by molar-refractivity contribution is 5.48. The van der Waals surface area contributed by atoms with Crippen molar-refractivity contribution < 1.29 is 9.13 Å². The van der Waals surface area contributed by atoms with Crippen molar-refractivity contribution in [3.05, 3.63) is 48.0 Å². The number of benzene rings is 1. The Hall–Kier alpha value is -2.21. The number of fused-ring (bicyclic) bond motifs is 2. The predicted octanol–water partition coefficient (Wildman–Crippen LogP) is 2.69. The third kappa shape index (κ3) is 2.47. The molecule has 6 rings (SSSR count). The Morgan fingerprint density at radius 2 is 1.85 bits per heavy atom. The summed E-state index contributed by atoms with van der Waals surface area (Å²) in [6.45, 7) is 3.24. The molecule has 1 aromatic heterocycles. The molecule has 3 atom stereocenters. The molecule has 0 saturated carbocycles. The van der Waals surface area contributed by atoms with Gasteiger partial charge < -0.3 is 9.64 Å². The van der Waals surface area contributed by atoms with Crippen LogP contribution in [0.25, 0.3) is 0 Å². The summed E-state index contributed by atoms with van der Waals surface area (Å²) in [6, 6.07) is 9.91. The first-order valence-corrected chi connectivity index (χ1v) is 9.37. The van der Waals surface area contributed by atoms with Crippen LogP contribution in [0.4, 0.5) is 10.2 Å². The summed E-state index contributed by atoms with van der Waals surface area (Å²) in [6.07, 6.45) is 4.07. The molecule has 0 amide bonds. The van der Waals surface area contributed by atoms with Gasteiger partial charge in [-0.3, -0.25) is 4.90 Å². The van der Waals surface area contributed by atoms with Crippen LogP contribution in [-0.4, -0.2) is 53.7 Å². The highest BCUT2D eigenvalue weighted by Crippen LogP contribution is 2.47. The van der Waals surface area contributed by atoms with Crippen molar-refractivity contribution in [2.45, 2.75) is 30.8 Å². The molecule has 2 aromatic rings. The summed E-state index contributed by atoms with van der Waals surface area (Å²) in [5.74, 6) is 2.41. The molecular formula is C20H23FN4O. The molecule has 5 heterocycles. The minimum absolute atomic E-state index is 0.175. The van der Waals surface area contributed by atoms with E-state index in [1.165, 1.54) is 31.5 Å². The number of halogens is 1. The number of rotatable bonds is 3. The Balaban J connectivity index is 1.55. The summed E-state index contributed by atoms with van der Waals surface area (Å²) in [5.41, 5.74) is 1.22. The minimum atomic E-state index is -0.175. The lowest BCUT2D eigenvalue weighted by Gasteiger charge is -2.51. The first-order chi connectivity index (χ1) is 12.7. The quantitative estimate of drug-likeness (QED) is 0.848. The summed E-state index contributed by atoms with van der Waals surface area (Å²) in [7, 11) is 1.63. The highest BCUT2D eigenvalue weighted by Gasteiger charge is 2.53. The first kappa shape index (κ1) is 16.0. The standard InChI is InChI=1S/C20H23FN4O/c1-26-18-10-17(22-12-23-18)25-11-16(13-2-4-15(21)5-3-13)20-19(25)14-6-8-24(20)9-7-14/h2-5,10,12,14,16,19-20H,6-9,11H2,1H3/t16-,19+,20+/m1/s1. The van der Waals surface area contributed by atoms with Gasteiger partial charge in [-0.1, -0.05) is 12.1 Å². The number of anilines is 1. The Kier molecular flexibility index (Phi) is 3.81. The van der Waals surface area contributed by atoms with Crippen molar-refractivity contribution >= 4 is 5.82 Å². The molecule has 26 heavy (non-hydrogen) atoms. The maximum absolute atomic E-state index is 13.4. The van der Waals surface area contributed by atoms with E-state index < -0.39 is 0 Å². The van der Waals surface area contributed by atoms with Gasteiger partial charge >= 0.3 is 0 Å². The van der Waals surface area contributed by atoms with E-state index in [1.54, 1.807) is 25.6 Å². The normalized spacial score (nSPS) is 32.5.